The van der Waals surface area contributed by atoms with Crippen LogP contribution in [0.4, 0.5) is 11.4 Å². The third-order valence-corrected chi connectivity index (χ3v) is 3.94. The van der Waals surface area contributed by atoms with Gasteiger partial charge in [0, 0.05) is 22.6 Å². The maximum atomic E-state index is 11.3. The maximum absolute atomic E-state index is 11.3. The molecule has 0 radical (unpaired) electrons. The van der Waals surface area contributed by atoms with Crippen molar-refractivity contribution in [1.82, 2.24) is 0 Å². The van der Waals surface area contributed by atoms with Gasteiger partial charge >= 0.3 is 0 Å². The molecular formula is C16H16BrN3O4. The van der Waals surface area contributed by atoms with Crippen LogP contribution in [0.2, 0.25) is 0 Å². The molecule has 3 N–H and O–H groups in total. The summed E-state index contributed by atoms with van der Waals surface area (Å²) in [4.78, 5) is 22.0. The molecule has 0 aromatic heterocycles. The Morgan fingerprint density at radius 3 is 2.54 bits per heavy atom. The number of nitrogens with one attached hydrogen (secondary N) is 1. The molecule has 0 aliphatic carbocycles. The van der Waals surface area contributed by atoms with Crippen LogP contribution in [-0.2, 0) is 6.42 Å². The second kappa shape index (κ2) is 7.78. The van der Waals surface area contributed by atoms with E-state index in [4.69, 9.17) is 10.5 Å². The van der Waals surface area contributed by atoms with Crippen molar-refractivity contribution >= 4 is 33.2 Å². The first kappa shape index (κ1) is 17.7. The Morgan fingerprint density at radius 2 is 2.00 bits per heavy atom. The lowest BCUT2D eigenvalue weighted by molar-refractivity contribution is -0.384. The molecule has 8 heteroatoms. The zero-order valence-electron chi connectivity index (χ0n) is 12.9. The maximum Gasteiger partial charge on any atom is 0.296 e. The van der Waals surface area contributed by atoms with E-state index in [1.54, 1.807) is 0 Å². The van der Waals surface area contributed by atoms with E-state index >= 15 is 0 Å². The Morgan fingerprint density at radius 1 is 1.33 bits per heavy atom. The molecule has 126 valence electrons. The molecule has 2 aromatic rings. The van der Waals surface area contributed by atoms with Gasteiger partial charge in [0.15, 0.2) is 5.69 Å². The van der Waals surface area contributed by atoms with Crippen molar-refractivity contribution in [3.63, 3.8) is 0 Å². The van der Waals surface area contributed by atoms with Crippen LogP contribution in [0.3, 0.4) is 0 Å². The van der Waals surface area contributed by atoms with Gasteiger partial charge in [-0.25, -0.2) is 0 Å². The Labute approximate surface area is 147 Å². The molecule has 24 heavy (non-hydrogen) atoms. The smallest absolute Gasteiger partial charge is 0.296 e. The summed E-state index contributed by atoms with van der Waals surface area (Å²) >= 11 is 3.37. The van der Waals surface area contributed by atoms with Gasteiger partial charge in [-0.3, -0.25) is 14.9 Å². The van der Waals surface area contributed by atoms with Crippen molar-refractivity contribution in [2.45, 2.75) is 6.42 Å². The minimum absolute atomic E-state index is 0.0250. The Kier molecular flexibility index (Phi) is 5.75. The van der Waals surface area contributed by atoms with E-state index in [-0.39, 0.29) is 22.7 Å². The number of nitrogens with zero attached hydrogens (tertiary/aromatic N) is 1. The summed E-state index contributed by atoms with van der Waals surface area (Å²) in [6, 6.07) is 10.3. The normalized spacial score (nSPS) is 10.2. The van der Waals surface area contributed by atoms with Gasteiger partial charge in [-0.1, -0.05) is 28.1 Å². The van der Waals surface area contributed by atoms with E-state index in [1.807, 2.05) is 24.3 Å². The van der Waals surface area contributed by atoms with Crippen LogP contribution < -0.4 is 15.8 Å². The molecule has 7 nitrogen and oxygen atoms in total. The van der Waals surface area contributed by atoms with Gasteiger partial charge in [0.1, 0.15) is 5.75 Å². The van der Waals surface area contributed by atoms with Gasteiger partial charge in [-0.05, 0) is 30.2 Å². The SMILES string of the molecule is COc1cc(C(N)=O)cc([N+](=O)[O-])c1NCCc1ccc(Br)cc1. The summed E-state index contributed by atoms with van der Waals surface area (Å²) < 4.78 is 6.15. The number of anilines is 1. The number of nitro benzene ring substituents is 1. The highest BCUT2D eigenvalue weighted by molar-refractivity contribution is 9.10. The van der Waals surface area contributed by atoms with Crippen molar-refractivity contribution < 1.29 is 14.5 Å². The number of nitro groups is 1. The number of methoxy groups -OCH3 is 1. The zero-order chi connectivity index (χ0) is 17.7. The fourth-order valence-corrected chi connectivity index (χ4v) is 2.47. The van der Waals surface area contributed by atoms with Crippen LogP contribution in [-0.4, -0.2) is 24.5 Å². The van der Waals surface area contributed by atoms with Crippen LogP contribution in [0.5, 0.6) is 5.75 Å². The van der Waals surface area contributed by atoms with Gasteiger partial charge in [-0.15, -0.1) is 0 Å². The number of carbonyl (C=O) groups excluding carboxylic acids is 1. The molecule has 2 aromatic carbocycles. The van der Waals surface area contributed by atoms with Crippen LogP contribution in [0, 0.1) is 10.1 Å². The highest BCUT2D eigenvalue weighted by Gasteiger charge is 2.22. The number of benzene rings is 2. The molecule has 1 amide bonds. The minimum Gasteiger partial charge on any atom is -0.494 e. The van der Waals surface area contributed by atoms with Gasteiger partial charge in [0.2, 0.25) is 5.91 Å². The summed E-state index contributed by atoms with van der Waals surface area (Å²) in [6.45, 7) is 0.467. The molecule has 0 fully saturated rings. The van der Waals surface area contributed by atoms with E-state index in [1.165, 1.54) is 13.2 Å². The summed E-state index contributed by atoms with van der Waals surface area (Å²) in [5, 5.41) is 14.3. The average Bonchev–Trinajstić information content (AvgIpc) is 2.56. The van der Waals surface area contributed by atoms with E-state index in [0.29, 0.717) is 13.0 Å². The lowest BCUT2D eigenvalue weighted by Crippen LogP contribution is -2.13. The van der Waals surface area contributed by atoms with Crippen molar-refractivity contribution in [2.75, 3.05) is 19.0 Å². The summed E-state index contributed by atoms with van der Waals surface area (Å²) in [5.41, 5.74) is 6.29. The van der Waals surface area contributed by atoms with Gasteiger partial charge < -0.3 is 15.8 Å². The standard InChI is InChI=1S/C16H16BrN3O4/c1-24-14-9-11(16(18)21)8-13(20(22)23)15(14)19-7-6-10-2-4-12(17)5-3-10/h2-5,8-9,19H,6-7H2,1H3,(H2,18,21). The number of amides is 1. The zero-order valence-corrected chi connectivity index (χ0v) is 14.5. The predicted octanol–water partition coefficient (Wildman–Crippen LogP) is 3.12. The molecular weight excluding hydrogens is 378 g/mol. The fourth-order valence-electron chi connectivity index (χ4n) is 2.21. The molecule has 0 atom stereocenters. The van der Waals surface area contributed by atoms with Gasteiger partial charge in [0.05, 0.1) is 12.0 Å². The monoisotopic (exact) mass is 393 g/mol. The topological polar surface area (TPSA) is 107 Å². The van der Waals surface area contributed by atoms with Crippen molar-refractivity contribution in [2.24, 2.45) is 5.73 Å². The van der Waals surface area contributed by atoms with Crippen molar-refractivity contribution in [3.05, 3.63) is 62.1 Å². The van der Waals surface area contributed by atoms with Gasteiger partial charge in [0.25, 0.3) is 5.69 Å². The number of hydrogen-bond acceptors (Lipinski definition) is 5. The average molecular weight is 394 g/mol. The molecule has 0 saturated heterocycles. The van der Waals surface area contributed by atoms with Gasteiger partial charge in [-0.2, -0.15) is 0 Å². The molecule has 0 aliphatic heterocycles. The first-order valence-electron chi connectivity index (χ1n) is 7.07. The molecule has 0 bridgehead atoms. The van der Waals surface area contributed by atoms with Crippen LogP contribution in [0.25, 0.3) is 0 Å². The Balaban J connectivity index is 2.22. The van der Waals surface area contributed by atoms with E-state index in [0.717, 1.165) is 16.1 Å². The minimum atomic E-state index is -0.752. The second-order valence-electron chi connectivity index (χ2n) is 5.00. The molecule has 0 spiro atoms. The van der Waals surface area contributed by atoms with Crippen LogP contribution in [0.15, 0.2) is 40.9 Å². The summed E-state index contributed by atoms with van der Waals surface area (Å²) in [6.07, 6.45) is 0.672. The van der Waals surface area contributed by atoms with E-state index in [9.17, 15) is 14.9 Å². The largest absolute Gasteiger partial charge is 0.494 e. The van der Waals surface area contributed by atoms with E-state index < -0.39 is 10.8 Å². The highest BCUT2D eigenvalue weighted by Crippen LogP contribution is 2.35. The first-order valence-corrected chi connectivity index (χ1v) is 7.86. The first-order chi connectivity index (χ1) is 11.4. The quantitative estimate of drug-likeness (QED) is 0.554. The highest BCUT2D eigenvalue weighted by atomic mass is 79.9. The predicted molar refractivity (Wildman–Crippen MR) is 94.5 cm³/mol. The third-order valence-electron chi connectivity index (χ3n) is 3.41. The molecule has 0 aliphatic rings. The molecule has 0 unspecified atom stereocenters. The number of carbonyl (C=O) groups is 1. The number of rotatable bonds is 7. The van der Waals surface area contributed by atoms with Crippen molar-refractivity contribution in [3.8, 4) is 5.75 Å². The number of halogens is 1. The fraction of sp³-hybridized carbons (Fsp3) is 0.188. The van der Waals surface area contributed by atoms with E-state index in [2.05, 4.69) is 21.2 Å². The molecule has 0 heterocycles. The Bertz CT molecular complexity index is 763. The van der Waals surface area contributed by atoms with Crippen LogP contribution in [0.1, 0.15) is 15.9 Å². The lowest BCUT2D eigenvalue weighted by Gasteiger charge is -2.13. The van der Waals surface area contributed by atoms with Crippen molar-refractivity contribution in [1.29, 1.82) is 0 Å². The third kappa shape index (κ3) is 4.23. The Hall–Kier alpha value is -2.61. The number of primary amides is 1. The number of hydrogen-bond donors (Lipinski definition) is 2. The second-order valence-corrected chi connectivity index (χ2v) is 5.91. The number of ether oxygens (including phenoxy) is 1. The summed E-state index contributed by atoms with van der Waals surface area (Å²) in [7, 11) is 1.38. The molecule has 0 saturated carbocycles. The number of nitrogens with two attached hydrogens (primary N) is 1. The summed E-state index contributed by atoms with van der Waals surface area (Å²) in [5.74, 6) is -0.549. The lowest BCUT2D eigenvalue weighted by atomic mass is 10.1. The van der Waals surface area contributed by atoms with Crippen LogP contribution >= 0.6 is 15.9 Å². The molecule has 2 rings (SSSR count).